The summed E-state index contributed by atoms with van der Waals surface area (Å²) in [6.45, 7) is 2.15. The molecule has 110 valence electrons. The van der Waals surface area contributed by atoms with Gasteiger partial charge in [-0.15, -0.1) is 0 Å². The number of hydrogen-bond acceptors (Lipinski definition) is 3. The molecule has 0 spiro atoms. The van der Waals surface area contributed by atoms with Gasteiger partial charge in [0.05, 0.1) is 13.2 Å². The maximum Gasteiger partial charge on any atom is 0.251 e. The minimum Gasteiger partial charge on any atom is -0.497 e. The fourth-order valence-corrected chi connectivity index (χ4v) is 1.96. The number of aliphatic hydroxyl groups excluding tert-OH is 1. The minimum atomic E-state index is -0.722. The predicted molar refractivity (Wildman–Crippen MR) is 81.5 cm³/mol. The van der Waals surface area contributed by atoms with E-state index in [0.29, 0.717) is 11.3 Å². The van der Waals surface area contributed by atoms with Gasteiger partial charge in [0.1, 0.15) is 5.75 Å². The lowest BCUT2D eigenvalue weighted by atomic mass is 10.1. The summed E-state index contributed by atoms with van der Waals surface area (Å²) in [4.78, 5) is 12.0. The number of nitrogens with one attached hydrogen (secondary N) is 1. The monoisotopic (exact) mass is 285 g/mol. The van der Waals surface area contributed by atoms with E-state index in [9.17, 15) is 9.90 Å². The van der Waals surface area contributed by atoms with Crippen LogP contribution in [0.5, 0.6) is 5.75 Å². The molecule has 0 aliphatic carbocycles. The van der Waals surface area contributed by atoms with Crippen LogP contribution in [0.15, 0.2) is 48.5 Å². The predicted octanol–water partition coefficient (Wildman–Crippen LogP) is 2.47. The average molecular weight is 285 g/mol. The van der Waals surface area contributed by atoms with Gasteiger partial charge in [0.2, 0.25) is 0 Å². The van der Waals surface area contributed by atoms with E-state index in [-0.39, 0.29) is 12.5 Å². The van der Waals surface area contributed by atoms with Gasteiger partial charge in [-0.2, -0.15) is 0 Å². The fraction of sp³-hybridized carbons (Fsp3) is 0.235. The molecule has 0 heterocycles. The van der Waals surface area contributed by atoms with Gasteiger partial charge in [-0.3, -0.25) is 4.79 Å². The van der Waals surface area contributed by atoms with Gasteiger partial charge >= 0.3 is 0 Å². The van der Waals surface area contributed by atoms with Crippen LogP contribution in [0.25, 0.3) is 0 Å². The molecule has 0 saturated carbocycles. The Morgan fingerprint density at radius 2 is 1.95 bits per heavy atom. The van der Waals surface area contributed by atoms with Gasteiger partial charge in [0, 0.05) is 12.1 Å². The largest absolute Gasteiger partial charge is 0.497 e. The third kappa shape index (κ3) is 4.07. The number of aryl methyl sites for hydroxylation is 1. The zero-order valence-electron chi connectivity index (χ0n) is 12.2. The lowest BCUT2D eigenvalue weighted by Crippen LogP contribution is -2.28. The van der Waals surface area contributed by atoms with Crippen LogP contribution in [0, 0.1) is 6.92 Å². The highest BCUT2D eigenvalue weighted by Crippen LogP contribution is 2.14. The van der Waals surface area contributed by atoms with Gasteiger partial charge in [-0.25, -0.2) is 0 Å². The van der Waals surface area contributed by atoms with Crippen LogP contribution >= 0.6 is 0 Å². The third-order valence-electron chi connectivity index (χ3n) is 3.25. The average Bonchev–Trinajstić information content (AvgIpc) is 2.53. The molecule has 2 N–H and O–H groups in total. The zero-order valence-corrected chi connectivity index (χ0v) is 12.2. The molecule has 0 aliphatic heterocycles. The number of hydrogen-bond donors (Lipinski definition) is 2. The lowest BCUT2D eigenvalue weighted by molar-refractivity contribution is 0.0916. The molecule has 4 nitrogen and oxygen atoms in total. The molecule has 2 rings (SSSR count). The Kier molecular flexibility index (Phi) is 4.95. The molecule has 1 amide bonds. The van der Waals surface area contributed by atoms with Crippen LogP contribution in [-0.2, 0) is 0 Å². The van der Waals surface area contributed by atoms with Crippen LogP contribution in [0.1, 0.15) is 27.6 Å². The first kappa shape index (κ1) is 15.1. The SMILES string of the molecule is COc1cccc(C(=O)NC[C@H](O)c2ccc(C)cc2)c1. The summed E-state index contributed by atoms with van der Waals surface area (Å²) >= 11 is 0. The normalized spacial score (nSPS) is 11.8. The van der Waals surface area contributed by atoms with E-state index < -0.39 is 6.10 Å². The second kappa shape index (κ2) is 6.90. The van der Waals surface area contributed by atoms with Crippen molar-refractivity contribution in [1.29, 1.82) is 0 Å². The Morgan fingerprint density at radius 3 is 2.62 bits per heavy atom. The molecule has 0 aromatic heterocycles. The molecule has 21 heavy (non-hydrogen) atoms. The van der Waals surface area contributed by atoms with Gasteiger partial charge in [-0.1, -0.05) is 35.9 Å². The highest BCUT2D eigenvalue weighted by atomic mass is 16.5. The number of aliphatic hydroxyl groups is 1. The standard InChI is InChI=1S/C17H19NO3/c1-12-6-8-13(9-7-12)16(19)11-18-17(20)14-4-3-5-15(10-14)21-2/h3-10,16,19H,11H2,1-2H3,(H,18,20)/t16-/m0/s1. The fourth-order valence-electron chi connectivity index (χ4n) is 1.96. The van der Waals surface area contributed by atoms with Crippen molar-refractivity contribution < 1.29 is 14.6 Å². The number of ether oxygens (including phenoxy) is 1. The first-order valence-corrected chi connectivity index (χ1v) is 6.77. The van der Waals surface area contributed by atoms with Gasteiger partial charge < -0.3 is 15.2 Å². The molecule has 0 fully saturated rings. The molecule has 1 atom stereocenters. The molecule has 0 saturated heterocycles. The Hall–Kier alpha value is -2.33. The van der Waals surface area contributed by atoms with Gasteiger partial charge in [0.15, 0.2) is 0 Å². The van der Waals surface area contributed by atoms with E-state index in [1.54, 1.807) is 31.4 Å². The molecule has 2 aromatic carbocycles. The summed E-state index contributed by atoms with van der Waals surface area (Å²) in [6.07, 6.45) is -0.722. The van der Waals surface area contributed by atoms with Crippen LogP contribution in [0.2, 0.25) is 0 Å². The number of benzene rings is 2. The van der Waals surface area contributed by atoms with Crippen molar-refractivity contribution in [2.75, 3.05) is 13.7 Å². The van der Waals surface area contributed by atoms with Crippen LogP contribution in [0.3, 0.4) is 0 Å². The summed E-state index contributed by atoms with van der Waals surface area (Å²) in [6, 6.07) is 14.5. The van der Waals surface area contributed by atoms with Gasteiger partial charge in [0.25, 0.3) is 5.91 Å². The summed E-state index contributed by atoms with van der Waals surface area (Å²) in [5.41, 5.74) is 2.42. The van der Waals surface area contributed by atoms with E-state index in [2.05, 4.69) is 5.32 Å². The van der Waals surface area contributed by atoms with Gasteiger partial charge in [-0.05, 0) is 30.7 Å². The van der Waals surface area contributed by atoms with Crippen molar-refractivity contribution in [2.24, 2.45) is 0 Å². The first-order valence-electron chi connectivity index (χ1n) is 6.77. The smallest absolute Gasteiger partial charge is 0.251 e. The summed E-state index contributed by atoms with van der Waals surface area (Å²) in [7, 11) is 1.55. The van der Waals surface area contributed by atoms with E-state index in [1.165, 1.54) is 0 Å². The third-order valence-corrected chi connectivity index (χ3v) is 3.25. The number of carbonyl (C=O) groups is 1. The minimum absolute atomic E-state index is 0.166. The van der Waals surface area contributed by atoms with Crippen molar-refractivity contribution >= 4 is 5.91 Å². The highest BCUT2D eigenvalue weighted by Gasteiger charge is 2.11. The number of methoxy groups -OCH3 is 1. The maximum absolute atomic E-state index is 12.0. The topological polar surface area (TPSA) is 58.6 Å². The maximum atomic E-state index is 12.0. The van der Waals surface area contributed by atoms with E-state index in [1.807, 2.05) is 31.2 Å². The zero-order chi connectivity index (χ0) is 15.2. The molecular weight excluding hydrogens is 266 g/mol. The lowest BCUT2D eigenvalue weighted by Gasteiger charge is -2.13. The molecule has 0 aliphatic rings. The van der Waals surface area contributed by atoms with E-state index >= 15 is 0 Å². The molecular formula is C17H19NO3. The summed E-state index contributed by atoms with van der Waals surface area (Å²) in [5, 5.41) is 12.8. The van der Waals surface area contributed by atoms with Crippen molar-refractivity contribution in [3.63, 3.8) is 0 Å². The number of rotatable bonds is 5. The Morgan fingerprint density at radius 1 is 1.24 bits per heavy atom. The van der Waals surface area contributed by atoms with E-state index in [4.69, 9.17) is 4.74 Å². The molecule has 4 heteroatoms. The molecule has 0 unspecified atom stereocenters. The van der Waals surface area contributed by atoms with E-state index in [0.717, 1.165) is 11.1 Å². The highest BCUT2D eigenvalue weighted by molar-refractivity contribution is 5.94. The second-order valence-corrected chi connectivity index (χ2v) is 4.87. The van der Waals surface area contributed by atoms with Crippen molar-refractivity contribution in [2.45, 2.75) is 13.0 Å². The quantitative estimate of drug-likeness (QED) is 0.887. The van der Waals surface area contributed by atoms with Crippen LogP contribution in [0.4, 0.5) is 0 Å². The number of amides is 1. The molecule has 0 bridgehead atoms. The Balaban J connectivity index is 1.95. The Bertz CT molecular complexity index is 608. The molecule has 2 aromatic rings. The van der Waals surface area contributed by atoms with Crippen molar-refractivity contribution in [1.82, 2.24) is 5.32 Å². The summed E-state index contributed by atoms with van der Waals surface area (Å²) < 4.78 is 5.08. The van der Waals surface area contributed by atoms with Crippen molar-refractivity contribution in [3.8, 4) is 5.75 Å². The molecule has 0 radical (unpaired) electrons. The Labute approximate surface area is 124 Å². The number of carbonyl (C=O) groups excluding carboxylic acids is 1. The van der Waals surface area contributed by atoms with Crippen molar-refractivity contribution in [3.05, 3.63) is 65.2 Å². The van der Waals surface area contributed by atoms with Crippen LogP contribution < -0.4 is 10.1 Å². The second-order valence-electron chi connectivity index (χ2n) is 4.87. The summed E-state index contributed by atoms with van der Waals surface area (Å²) in [5.74, 6) is 0.391. The van der Waals surface area contributed by atoms with Crippen LogP contribution in [-0.4, -0.2) is 24.7 Å². The first-order chi connectivity index (χ1) is 10.1.